The molecule has 2 rings (SSSR count). The van der Waals surface area contributed by atoms with Crippen molar-refractivity contribution in [3.63, 3.8) is 0 Å². The van der Waals surface area contributed by atoms with Gasteiger partial charge in [-0.2, -0.15) is 11.8 Å². The zero-order chi connectivity index (χ0) is 14.8. The SMILES string of the molecule is CSC1(C(N)=S)CCN(C(=O)c2ccc(=O)[nH]c2)CC1. The highest BCUT2D eigenvalue weighted by atomic mass is 32.2. The Balaban J connectivity index is 2.07. The number of aromatic nitrogens is 1. The number of piperidine rings is 1. The van der Waals surface area contributed by atoms with Gasteiger partial charge in [0.1, 0.15) is 0 Å². The molecule has 0 spiro atoms. The number of nitrogens with one attached hydrogen (secondary N) is 1. The second-order valence-corrected chi connectivity index (χ2v) is 6.43. The fourth-order valence-electron chi connectivity index (χ4n) is 2.35. The summed E-state index contributed by atoms with van der Waals surface area (Å²) in [7, 11) is 0. The van der Waals surface area contributed by atoms with Crippen molar-refractivity contribution in [2.75, 3.05) is 19.3 Å². The van der Waals surface area contributed by atoms with Crippen LogP contribution in [-0.4, -0.2) is 44.9 Å². The van der Waals surface area contributed by atoms with E-state index in [0.29, 0.717) is 23.6 Å². The molecule has 20 heavy (non-hydrogen) atoms. The average Bonchev–Trinajstić information content (AvgIpc) is 2.47. The molecule has 1 fully saturated rings. The van der Waals surface area contributed by atoms with Gasteiger partial charge in [0.2, 0.25) is 5.56 Å². The number of hydrogen-bond acceptors (Lipinski definition) is 4. The average molecular weight is 311 g/mol. The molecule has 1 aromatic rings. The van der Waals surface area contributed by atoms with E-state index >= 15 is 0 Å². The molecule has 0 bridgehead atoms. The van der Waals surface area contributed by atoms with Gasteiger partial charge in [0, 0.05) is 25.4 Å². The minimum absolute atomic E-state index is 0.0705. The smallest absolute Gasteiger partial charge is 0.255 e. The first-order valence-corrected chi connectivity index (χ1v) is 7.95. The molecule has 0 aliphatic carbocycles. The van der Waals surface area contributed by atoms with Crippen LogP contribution in [0, 0.1) is 0 Å². The summed E-state index contributed by atoms with van der Waals surface area (Å²) in [6, 6.07) is 2.91. The van der Waals surface area contributed by atoms with E-state index < -0.39 is 0 Å². The third-order valence-electron chi connectivity index (χ3n) is 3.73. The van der Waals surface area contributed by atoms with Gasteiger partial charge in [0.15, 0.2) is 0 Å². The van der Waals surface area contributed by atoms with Gasteiger partial charge in [-0.05, 0) is 25.2 Å². The summed E-state index contributed by atoms with van der Waals surface area (Å²) in [6.07, 6.45) is 4.98. The highest BCUT2D eigenvalue weighted by Crippen LogP contribution is 2.35. The monoisotopic (exact) mass is 311 g/mol. The predicted molar refractivity (Wildman–Crippen MR) is 85.2 cm³/mol. The molecular weight excluding hydrogens is 294 g/mol. The van der Waals surface area contributed by atoms with Gasteiger partial charge in [-0.3, -0.25) is 9.59 Å². The lowest BCUT2D eigenvalue weighted by Crippen LogP contribution is -2.50. The maximum atomic E-state index is 12.3. The first-order chi connectivity index (χ1) is 9.48. The first kappa shape index (κ1) is 15.1. The number of aromatic amines is 1. The van der Waals surface area contributed by atoms with Gasteiger partial charge in [-0.15, -0.1) is 0 Å². The van der Waals surface area contributed by atoms with Gasteiger partial charge in [0.25, 0.3) is 5.91 Å². The van der Waals surface area contributed by atoms with Crippen LogP contribution in [0.5, 0.6) is 0 Å². The number of nitrogens with two attached hydrogens (primary N) is 1. The number of hydrogen-bond donors (Lipinski definition) is 2. The molecule has 1 saturated heterocycles. The van der Waals surface area contributed by atoms with E-state index in [0.717, 1.165) is 12.8 Å². The van der Waals surface area contributed by atoms with Gasteiger partial charge in [-0.1, -0.05) is 12.2 Å². The van der Waals surface area contributed by atoms with Crippen molar-refractivity contribution in [3.8, 4) is 0 Å². The fraction of sp³-hybridized carbons (Fsp3) is 0.462. The van der Waals surface area contributed by atoms with Crippen LogP contribution < -0.4 is 11.3 Å². The van der Waals surface area contributed by atoms with Gasteiger partial charge in [-0.25, -0.2) is 0 Å². The van der Waals surface area contributed by atoms with E-state index in [4.69, 9.17) is 18.0 Å². The lowest BCUT2D eigenvalue weighted by atomic mass is 9.95. The van der Waals surface area contributed by atoms with Crippen molar-refractivity contribution in [1.29, 1.82) is 0 Å². The van der Waals surface area contributed by atoms with Crippen molar-refractivity contribution in [1.82, 2.24) is 9.88 Å². The standard InChI is InChI=1S/C13H17N3O2S2/c1-20-13(12(14)19)4-6-16(7-5-13)11(18)9-2-3-10(17)15-8-9/h2-3,8H,4-7H2,1H3,(H2,14,19)(H,15,17). The molecule has 1 aliphatic rings. The summed E-state index contributed by atoms with van der Waals surface area (Å²) in [4.78, 5) is 28.1. The number of likely N-dealkylation sites (tertiary alicyclic amines) is 1. The van der Waals surface area contributed by atoms with E-state index in [1.807, 2.05) is 6.26 Å². The molecule has 1 aliphatic heterocycles. The quantitative estimate of drug-likeness (QED) is 0.814. The Kier molecular flexibility index (Phi) is 4.49. The molecule has 0 atom stereocenters. The van der Waals surface area contributed by atoms with Crippen LogP contribution in [0.3, 0.4) is 0 Å². The maximum Gasteiger partial charge on any atom is 0.255 e. The van der Waals surface area contributed by atoms with Crippen LogP contribution in [0.2, 0.25) is 0 Å². The molecule has 7 heteroatoms. The normalized spacial score (nSPS) is 17.8. The first-order valence-electron chi connectivity index (χ1n) is 6.31. The molecule has 108 valence electrons. The minimum Gasteiger partial charge on any atom is -0.392 e. The van der Waals surface area contributed by atoms with E-state index in [2.05, 4.69) is 4.98 Å². The summed E-state index contributed by atoms with van der Waals surface area (Å²) in [6.45, 7) is 1.24. The summed E-state index contributed by atoms with van der Waals surface area (Å²) >= 11 is 6.81. The third kappa shape index (κ3) is 2.88. The van der Waals surface area contributed by atoms with Crippen molar-refractivity contribution >= 4 is 34.9 Å². The van der Waals surface area contributed by atoms with Gasteiger partial charge in [0.05, 0.1) is 15.3 Å². The van der Waals surface area contributed by atoms with Crippen LogP contribution >= 0.6 is 24.0 Å². The summed E-state index contributed by atoms with van der Waals surface area (Å²) in [5.41, 5.74) is 6.11. The van der Waals surface area contributed by atoms with E-state index in [1.165, 1.54) is 12.3 Å². The van der Waals surface area contributed by atoms with Crippen molar-refractivity contribution in [2.45, 2.75) is 17.6 Å². The van der Waals surface area contributed by atoms with Crippen LogP contribution in [0.15, 0.2) is 23.1 Å². The van der Waals surface area contributed by atoms with Crippen molar-refractivity contribution in [3.05, 3.63) is 34.2 Å². The fourth-order valence-corrected chi connectivity index (χ4v) is 3.59. The molecule has 2 heterocycles. The summed E-state index contributed by atoms with van der Waals surface area (Å²) < 4.78 is -0.197. The number of thiocarbonyl (C=S) groups is 1. The van der Waals surface area contributed by atoms with Gasteiger partial charge >= 0.3 is 0 Å². The molecular formula is C13H17N3O2S2. The van der Waals surface area contributed by atoms with Crippen LogP contribution in [0.25, 0.3) is 0 Å². The topological polar surface area (TPSA) is 79.2 Å². The Morgan fingerprint density at radius 2 is 2.10 bits per heavy atom. The molecule has 0 saturated carbocycles. The second kappa shape index (κ2) is 5.97. The van der Waals surface area contributed by atoms with E-state index in [-0.39, 0.29) is 16.2 Å². The van der Waals surface area contributed by atoms with Crippen molar-refractivity contribution < 1.29 is 4.79 Å². The zero-order valence-electron chi connectivity index (χ0n) is 11.2. The number of rotatable bonds is 3. The molecule has 0 radical (unpaired) electrons. The number of carbonyl (C=O) groups excluding carboxylic acids is 1. The Hall–Kier alpha value is -1.34. The molecule has 0 unspecified atom stereocenters. The Morgan fingerprint density at radius 1 is 1.45 bits per heavy atom. The Labute approximate surface area is 126 Å². The lowest BCUT2D eigenvalue weighted by molar-refractivity contribution is 0.0718. The number of H-pyrrole nitrogens is 1. The van der Waals surface area contributed by atoms with Gasteiger partial charge < -0.3 is 15.6 Å². The van der Waals surface area contributed by atoms with E-state index in [9.17, 15) is 9.59 Å². The lowest BCUT2D eigenvalue weighted by Gasteiger charge is -2.40. The van der Waals surface area contributed by atoms with Crippen LogP contribution in [0.1, 0.15) is 23.2 Å². The van der Waals surface area contributed by atoms with Crippen LogP contribution in [-0.2, 0) is 0 Å². The predicted octanol–water partition coefficient (Wildman–Crippen LogP) is 0.999. The Bertz CT molecular complexity index is 557. The Morgan fingerprint density at radius 3 is 2.55 bits per heavy atom. The molecule has 1 aromatic heterocycles. The third-order valence-corrected chi connectivity index (χ3v) is 5.66. The molecule has 5 nitrogen and oxygen atoms in total. The minimum atomic E-state index is -0.213. The van der Waals surface area contributed by atoms with Crippen LogP contribution in [0.4, 0.5) is 0 Å². The summed E-state index contributed by atoms with van der Waals surface area (Å²) in [5.74, 6) is -0.0705. The molecule has 3 N–H and O–H groups in total. The van der Waals surface area contributed by atoms with Crippen molar-refractivity contribution in [2.24, 2.45) is 5.73 Å². The number of thioether (sulfide) groups is 1. The number of amides is 1. The number of carbonyl (C=O) groups is 1. The molecule has 1 amide bonds. The largest absolute Gasteiger partial charge is 0.392 e. The second-order valence-electron chi connectivity index (χ2n) is 4.80. The number of pyridine rings is 1. The number of nitrogens with zero attached hydrogens (tertiary/aromatic N) is 1. The molecule has 0 aromatic carbocycles. The highest BCUT2D eigenvalue weighted by molar-refractivity contribution is 8.02. The van der Waals surface area contributed by atoms with E-state index in [1.54, 1.807) is 22.7 Å². The maximum absolute atomic E-state index is 12.3. The highest BCUT2D eigenvalue weighted by Gasteiger charge is 2.37. The zero-order valence-corrected chi connectivity index (χ0v) is 12.9. The summed E-state index contributed by atoms with van der Waals surface area (Å²) in [5, 5.41) is 0.